The molecule has 0 saturated carbocycles. The Balaban J connectivity index is 1.70. The Labute approximate surface area is 170 Å². The number of ether oxygens (including phenoxy) is 2. The van der Waals surface area contributed by atoms with Crippen LogP contribution in [0.3, 0.4) is 0 Å². The van der Waals surface area contributed by atoms with Gasteiger partial charge in [-0.1, -0.05) is 36.4 Å². The standard InChI is InChI=1S/C20H17BrN2O5/c1-27-18(24)11-23-19(25)16(22-20(23)26)10-14-7-8-17(15(21)9-14)28-12-13-5-3-2-4-6-13/h2-10H,11-12H2,1H3,(H,22,26)/b16-10+. The minimum Gasteiger partial charge on any atom is -0.488 e. The number of amides is 3. The lowest BCUT2D eigenvalue weighted by molar-refractivity contribution is -0.143. The zero-order chi connectivity index (χ0) is 20.1. The highest BCUT2D eigenvalue weighted by Crippen LogP contribution is 2.28. The average molecular weight is 445 g/mol. The van der Waals surface area contributed by atoms with Crippen molar-refractivity contribution in [1.82, 2.24) is 10.2 Å². The van der Waals surface area contributed by atoms with Gasteiger partial charge in [-0.25, -0.2) is 9.69 Å². The van der Waals surface area contributed by atoms with Gasteiger partial charge in [0.1, 0.15) is 24.6 Å². The normalized spacial score (nSPS) is 14.9. The number of esters is 1. The van der Waals surface area contributed by atoms with Gasteiger partial charge >= 0.3 is 12.0 Å². The minimum absolute atomic E-state index is 0.0822. The minimum atomic E-state index is -0.674. The first kappa shape index (κ1) is 19.6. The molecule has 1 aliphatic rings. The van der Waals surface area contributed by atoms with Crippen LogP contribution in [-0.2, 0) is 20.9 Å². The van der Waals surface area contributed by atoms with Crippen LogP contribution in [-0.4, -0.2) is 36.5 Å². The van der Waals surface area contributed by atoms with E-state index in [1.54, 1.807) is 18.2 Å². The summed E-state index contributed by atoms with van der Waals surface area (Å²) in [5.74, 6) is -0.608. The van der Waals surface area contributed by atoms with E-state index in [0.29, 0.717) is 22.4 Å². The molecule has 0 unspecified atom stereocenters. The first-order valence-electron chi connectivity index (χ1n) is 8.35. The van der Waals surface area contributed by atoms with Crippen molar-refractivity contribution in [3.63, 3.8) is 0 Å². The third kappa shape index (κ3) is 4.58. The van der Waals surface area contributed by atoms with Crippen LogP contribution in [0.15, 0.2) is 58.7 Å². The number of imide groups is 1. The highest BCUT2D eigenvalue weighted by atomic mass is 79.9. The van der Waals surface area contributed by atoms with Crippen molar-refractivity contribution in [2.24, 2.45) is 0 Å². The molecule has 1 fully saturated rings. The zero-order valence-electron chi connectivity index (χ0n) is 15.0. The number of benzene rings is 2. The van der Waals surface area contributed by atoms with E-state index in [1.807, 2.05) is 30.3 Å². The van der Waals surface area contributed by atoms with Crippen LogP contribution in [0.1, 0.15) is 11.1 Å². The molecule has 0 bridgehead atoms. The summed E-state index contributed by atoms with van der Waals surface area (Å²) >= 11 is 3.45. The number of urea groups is 1. The first-order chi connectivity index (χ1) is 13.5. The fraction of sp³-hybridized carbons (Fsp3) is 0.150. The third-order valence-corrected chi connectivity index (χ3v) is 4.60. The molecule has 7 nitrogen and oxygen atoms in total. The smallest absolute Gasteiger partial charge is 0.329 e. The summed E-state index contributed by atoms with van der Waals surface area (Å²) in [6.07, 6.45) is 1.53. The molecule has 0 atom stereocenters. The zero-order valence-corrected chi connectivity index (χ0v) is 16.6. The maximum Gasteiger partial charge on any atom is 0.329 e. The quantitative estimate of drug-likeness (QED) is 0.420. The molecule has 1 aliphatic heterocycles. The van der Waals surface area contributed by atoms with Crippen molar-refractivity contribution >= 4 is 39.9 Å². The van der Waals surface area contributed by atoms with Crippen LogP contribution in [0, 0.1) is 0 Å². The molecule has 2 aromatic rings. The number of hydrogen-bond donors (Lipinski definition) is 1. The molecule has 0 aliphatic carbocycles. The van der Waals surface area contributed by atoms with Crippen molar-refractivity contribution < 1.29 is 23.9 Å². The fourth-order valence-electron chi connectivity index (χ4n) is 2.53. The number of nitrogens with one attached hydrogen (secondary N) is 1. The monoisotopic (exact) mass is 444 g/mol. The number of rotatable bonds is 6. The van der Waals surface area contributed by atoms with Gasteiger partial charge in [0, 0.05) is 0 Å². The third-order valence-electron chi connectivity index (χ3n) is 3.98. The maximum atomic E-state index is 12.3. The van der Waals surface area contributed by atoms with Crippen LogP contribution in [0.4, 0.5) is 4.79 Å². The molecule has 3 amide bonds. The summed E-state index contributed by atoms with van der Waals surface area (Å²) < 4.78 is 11.0. The Bertz CT molecular complexity index is 943. The van der Waals surface area contributed by atoms with Crippen molar-refractivity contribution in [2.75, 3.05) is 13.7 Å². The van der Waals surface area contributed by atoms with E-state index >= 15 is 0 Å². The number of halogens is 1. The van der Waals surface area contributed by atoms with Gasteiger partial charge in [-0.15, -0.1) is 0 Å². The Kier molecular flexibility index (Phi) is 6.10. The van der Waals surface area contributed by atoms with E-state index in [0.717, 1.165) is 10.5 Å². The predicted molar refractivity (Wildman–Crippen MR) is 105 cm³/mol. The van der Waals surface area contributed by atoms with E-state index in [2.05, 4.69) is 26.0 Å². The number of carbonyl (C=O) groups excluding carboxylic acids is 3. The summed E-state index contributed by atoms with van der Waals surface area (Å²) in [7, 11) is 1.19. The molecule has 3 rings (SSSR count). The van der Waals surface area contributed by atoms with Gasteiger partial charge in [0.25, 0.3) is 5.91 Å². The highest BCUT2D eigenvalue weighted by molar-refractivity contribution is 9.10. The van der Waals surface area contributed by atoms with Crippen molar-refractivity contribution in [2.45, 2.75) is 6.61 Å². The Morgan fingerprint density at radius 1 is 1.18 bits per heavy atom. The van der Waals surface area contributed by atoms with Crippen LogP contribution in [0.5, 0.6) is 5.75 Å². The second kappa shape index (κ2) is 8.71. The summed E-state index contributed by atoms with van der Waals surface area (Å²) in [6.45, 7) is -0.00856. The van der Waals surface area contributed by atoms with E-state index < -0.39 is 24.5 Å². The summed E-state index contributed by atoms with van der Waals surface area (Å²) in [5.41, 5.74) is 1.81. The molecule has 0 aromatic heterocycles. The number of nitrogens with zero attached hydrogens (tertiary/aromatic N) is 1. The fourth-order valence-corrected chi connectivity index (χ4v) is 3.05. The average Bonchev–Trinajstić information content (AvgIpc) is 2.95. The van der Waals surface area contributed by atoms with Crippen molar-refractivity contribution in [3.05, 3.63) is 69.8 Å². The van der Waals surface area contributed by atoms with Crippen LogP contribution < -0.4 is 10.1 Å². The molecule has 1 N–H and O–H groups in total. The Morgan fingerprint density at radius 2 is 1.93 bits per heavy atom. The second-order valence-electron chi connectivity index (χ2n) is 5.92. The number of methoxy groups -OCH3 is 1. The van der Waals surface area contributed by atoms with Gasteiger partial charge in [0.2, 0.25) is 0 Å². The van der Waals surface area contributed by atoms with Gasteiger partial charge in [0.05, 0.1) is 11.6 Å². The molecular weight excluding hydrogens is 428 g/mol. The lowest BCUT2D eigenvalue weighted by Gasteiger charge is -2.09. The summed E-state index contributed by atoms with van der Waals surface area (Å²) in [4.78, 5) is 36.3. The molecule has 28 heavy (non-hydrogen) atoms. The molecule has 1 saturated heterocycles. The molecular formula is C20H17BrN2O5. The van der Waals surface area contributed by atoms with E-state index in [-0.39, 0.29) is 5.70 Å². The van der Waals surface area contributed by atoms with Gasteiger partial charge in [-0.2, -0.15) is 0 Å². The Morgan fingerprint density at radius 3 is 2.61 bits per heavy atom. The van der Waals surface area contributed by atoms with Gasteiger partial charge < -0.3 is 14.8 Å². The summed E-state index contributed by atoms with van der Waals surface area (Å²) in [6, 6.07) is 14.4. The SMILES string of the molecule is COC(=O)CN1C(=O)N/C(=C/c2ccc(OCc3ccccc3)c(Br)c2)C1=O. The number of hydrogen-bond acceptors (Lipinski definition) is 5. The van der Waals surface area contributed by atoms with Crippen LogP contribution in [0.2, 0.25) is 0 Å². The highest BCUT2D eigenvalue weighted by Gasteiger charge is 2.35. The lowest BCUT2D eigenvalue weighted by atomic mass is 10.2. The molecule has 144 valence electrons. The Hall–Kier alpha value is -3.13. The largest absolute Gasteiger partial charge is 0.488 e. The van der Waals surface area contributed by atoms with Gasteiger partial charge in [-0.3, -0.25) is 9.59 Å². The van der Waals surface area contributed by atoms with E-state index in [4.69, 9.17) is 4.74 Å². The first-order valence-corrected chi connectivity index (χ1v) is 9.15. The van der Waals surface area contributed by atoms with Crippen LogP contribution >= 0.6 is 15.9 Å². The topological polar surface area (TPSA) is 84.9 Å². The molecule has 2 aromatic carbocycles. The number of carbonyl (C=O) groups is 3. The van der Waals surface area contributed by atoms with E-state index in [9.17, 15) is 14.4 Å². The molecule has 0 radical (unpaired) electrons. The van der Waals surface area contributed by atoms with E-state index in [1.165, 1.54) is 13.2 Å². The van der Waals surface area contributed by atoms with Gasteiger partial charge in [-0.05, 0) is 45.3 Å². The lowest BCUT2D eigenvalue weighted by Crippen LogP contribution is -2.36. The second-order valence-corrected chi connectivity index (χ2v) is 6.77. The maximum absolute atomic E-state index is 12.3. The molecule has 1 heterocycles. The van der Waals surface area contributed by atoms with Crippen molar-refractivity contribution in [1.29, 1.82) is 0 Å². The molecule has 8 heteroatoms. The van der Waals surface area contributed by atoms with Gasteiger partial charge in [0.15, 0.2) is 0 Å². The van der Waals surface area contributed by atoms with Crippen LogP contribution in [0.25, 0.3) is 6.08 Å². The van der Waals surface area contributed by atoms with Crippen molar-refractivity contribution in [3.8, 4) is 5.75 Å². The summed E-state index contributed by atoms with van der Waals surface area (Å²) in [5, 5.41) is 2.46. The predicted octanol–water partition coefficient (Wildman–Crippen LogP) is 3.09. The molecule has 0 spiro atoms.